The number of imidazole rings is 1. The van der Waals surface area contributed by atoms with Crippen LogP contribution in [0.25, 0.3) is 11.0 Å². The Bertz CT molecular complexity index is 880. The second kappa shape index (κ2) is 6.75. The maximum atomic E-state index is 12.5. The number of benzene rings is 1. The Labute approximate surface area is 147 Å². The Hall–Kier alpha value is -2.56. The average Bonchev–Trinajstić information content (AvgIpc) is 3.15. The van der Waals surface area contributed by atoms with Crippen LogP contribution in [-0.4, -0.2) is 21.5 Å². The summed E-state index contributed by atoms with van der Waals surface area (Å²) < 4.78 is 7.65. The molecule has 1 amide bonds. The van der Waals surface area contributed by atoms with Crippen LogP contribution in [0.4, 0.5) is 0 Å². The van der Waals surface area contributed by atoms with Crippen LogP contribution >= 0.6 is 0 Å². The van der Waals surface area contributed by atoms with E-state index in [1.165, 1.54) is 19.3 Å². The van der Waals surface area contributed by atoms with Crippen LogP contribution in [0, 0.1) is 0 Å². The van der Waals surface area contributed by atoms with Crippen molar-refractivity contribution in [3.63, 3.8) is 0 Å². The molecule has 1 aromatic carbocycles. The monoisotopic (exact) mass is 337 g/mol. The van der Waals surface area contributed by atoms with E-state index in [9.17, 15) is 4.79 Å². The summed E-state index contributed by atoms with van der Waals surface area (Å²) >= 11 is 0. The van der Waals surface area contributed by atoms with Gasteiger partial charge in [-0.1, -0.05) is 6.42 Å². The smallest absolute Gasteiger partial charge is 0.251 e. The van der Waals surface area contributed by atoms with Crippen LogP contribution in [0.2, 0.25) is 0 Å². The lowest BCUT2D eigenvalue weighted by atomic mass is 10.1. The molecule has 25 heavy (non-hydrogen) atoms. The lowest BCUT2D eigenvalue weighted by Crippen LogP contribution is -2.33. The molecule has 3 aromatic rings. The van der Waals surface area contributed by atoms with Crippen LogP contribution in [-0.2, 0) is 19.4 Å². The number of rotatable bonds is 4. The number of carbonyl (C=O) groups is 1. The van der Waals surface area contributed by atoms with E-state index < -0.39 is 0 Å². The van der Waals surface area contributed by atoms with Gasteiger partial charge in [0.1, 0.15) is 11.6 Å². The van der Waals surface area contributed by atoms with E-state index in [4.69, 9.17) is 9.40 Å². The molecule has 0 saturated carbocycles. The van der Waals surface area contributed by atoms with Crippen LogP contribution in [0.15, 0.2) is 41.0 Å². The number of nitrogens with zero attached hydrogens (tertiary/aromatic N) is 2. The molecule has 3 heterocycles. The highest BCUT2D eigenvalue weighted by atomic mass is 16.3. The summed E-state index contributed by atoms with van der Waals surface area (Å²) in [7, 11) is 0. The molecule has 1 atom stereocenters. The number of carbonyl (C=O) groups excluding carboxylic acids is 1. The molecular formula is C20H23N3O2. The third kappa shape index (κ3) is 3.31. The first-order valence-electron chi connectivity index (χ1n) is 9.03. The molecule has 0 aliphatic carbocycles. The van der Waals surface area contributed by atoms with Gasteiger partial charge in [0.15, 0.2) is 0 Å². The topological polar surface area (TPSA) is 60.1 Å². The number of hydrogen-bond acceptors (Lipinski definition) is 3. The average molecular weight is 337 g/mol. The largest absolute Gasteiger partial charge is 0.469 e. The molecule has 0 bridgehead atoms. The number of nitrogens with one attached hydrogen (secondary N) is 1. The van der Waals surface area contributed by atoms with E-state index in [1.54, 1.807) is 6.26 Å². The number of hydrogen-bond donors (Lipinski definition) is 1. The van der Waals surface area contributed by atoms with E-state index in [1.807, 2.05) is 37.3 Å². The van der Waals surface area contributed by atoms with Gasteiger partial charge < -0.3 is 14.3 Å². The van der Waals surface area contributed by atoms with Crippen molar-refractivity contribution in [3.05, 3.63) is 53.7 Å². The number of fused-ring (bicyclic) bond motifs is 3. The first-order valence-corrected chi connectivity index (χ1v) is 9.03. The van der Waals surface area contributed by atoms with E-state index in [-0.39, 0.29) is 11.9 Å². The normalized spacial score (nSPS) is 15.6. The fraction of sp³-hybridized carbons (Fsp3) is 0.400. The van der Waals surface area contributed by atoms with Crippen molar-refractivity contribution in [3.8, 4) is 0 Å². The zero-order chi connectivity index (χ0) is 17.2. The van der Waals surface area contributed by atoms with E-state index >= 15 is 0 Å². The highest BCUT2D eigenvalue weighted by molar-refractivity contribution is 5.97. The highest BCUT2D eigenvalue weighted by Crippen LogP contribution is 2.23. The number of aryl methyl sites for hydroxylation is 2. The molecule has 1 aliphatic heterocycles. The van der Waals surface area contributed by atoms with Crippen molar-refractivity contribution < 1.29 is 9.21 Å². The first kappa shape index (κ1) is 15.9. The van der Waals surface area contributed by atoms with Crippen molar-refractivity contribution in [2.24, 2.45) is 0 Å². The molecule has 5 nitrogen and oxygen atoms in total. The Morgan fingerprint density at radius 3 is 3.08 bits per heavy atom. The second-order valence-electron chi connectivity index (χ2n) is 6.85. The molecule has 5 heteroatoms. The fourth-order valence-corrected chi connectivity index (χ4v) is 3.58. The van der Waals surface area contributed by atoms with E-state index in [0.717, 1.165) is 35.6 Å². The predicted octanol–water partition coefficient (Wildman–Crippen LogP) is 3.72. The standard InChI is InChI=1S/C20H23N3O2/c1-14(12-16-6-5-11-25-16)21-20(24)15-8-9-18-17(13-15)22-19-7-3-2-4-10-23(18)19/h5-6,8-9,11,13-14H,2-4,7,10,12H2,1H3,(H,21,24)/t14-/m1/s1. The van der Waals surface area contributed by atoms with Crippen LogP contribution in [0.5, 0.6) is 0 Å². The summed E-state index contributed by atoms with van der Waals surface area (Å²) in [6, 6.07) is 9.63. The number of furan rings is 1. The zero-order valence-electron chi connectivity index (χ0n) is 14.5. The van der Waals surface area contributed by atoms with Crippen molar-refractivity contribution in [2.45, 2.75) is 51.6 Å². The summed E-state index contributed by atoms with van der Waals surface area (Å²) in [5, 5.41) is 3.04. The summed E-state index contributed by atoms with van der Waals surface area (Å²) in [6.07, 6.45) is 7.02. The zero-order valence-corrected chi connectivity index (χ0v) is 14.5. The molecule has 0 saturated heterocycles. The van der Waals surface area contributed by atoms with Gasteiger partial charge >= 0.3 is 0 Å². The molecular weight excluding hydrogens is 314 g/mol. The minimum absolute atomic E-state index is 0.00746. The minimum Gasteiger partial charge on any atom is -0.469 e. The maximum absolute atomic E-state index is 12.5. The third-order valence-corrected chi connectivity index (χ3v) is 4.84. The molecule has 4 rings (SSSR count). The molecule has 1 N–H and O–H groups in total. The van der Waals surface area contributed by atoms with Crippen molar-refractivity contribution in [1.82, 2.24) is 14.9 Å². The Morgan fingerprint density at radius 1 is 1.32 bits per heavy atom. The van der Waals surface area contributed by atoms with Gasteiger partial charge in [-0.25, -0.2) is 4.98 Å². The summed E-state index contributed by atoms with van der Waals surface area (Å²) in [5.41, 5.74) is 2.72. The minimum atomic E-state index is -0.0656. The summed E-state index contributed by atoms with van der Waals surface area (Å²) in [6.45, 7) is 3.01. The molecule has 2 aromatic heterocycles. The second-order valence-corrected chi connectivity index (χ2v) is 6.85. The van der Waals surface area contributed by atoms with Gasteiger partial charge in [-0.05, 0) is 50.1 Å². The van der Waals surface area contributed by atoms with Gasteiger partial charge in [0, 0.05) is 31.0 Å². The van der Waals surface area contributed by atoms with Gasteiger partial charge in [0.2, 0.25) is 0 Å². The molecule has 1 aliphatic rings. The fourth-order valence-electron chi connectivity index (χ4n) is 3.58. The van der Waals surface area contributed by atoms with Crippen molar-refractivity contribution in [1.29, 1.82) is 0 Å². The first-order chi connectivity index (χ1) is 12.2. The van der Waals surface area contributed by atoms with Gasteiger partial charge in [0.05, 0.1) is 17.3 Å². The third-order valence-electron chi connectivity index (χ3n) is 4.84. The Kier molecular flexibility index (Phi) is 4.30. The highest BCUT2D eigenvalue weighted by Gasteiger charge is 2.16. The lowest BCUT2D eigenvalue weighted by molar-refractivity contribution is 0.0939. The number of aromatic nitrogens is 2. The van der Waals surface area contributed by atoms with Gasteiger partial charge in [-0.3, -0.25) is 4.79 Å². The maximum Gasteiger partial charge on any atom is 0.251 e. The van der Waals surface area contributed by atoms with E-state index in [0.29, 0.717) is 12.0 Å². The Morgan fingerprint density at radius 2 is 2.24 bits per heavy atom. The van der Waals surface area contributed by atoms with Crippen molar-refractivity contribution in [2.75, 3.05) is 0 Å². The molecule has 0 unspecified atom stereocenters. The number of amides is 1. The summed E-state index contributed by atoms with van der Waals surface area (Å²) in [4.78, 5) is 17.3. The SMILES string of the molecule is C[C@H](Cc1ccco1)NC(=O)c1ccc2c(c1)nc1n2CCCCC1. The van der Waals surface area contributed by atoms with Gasteiger partial charge in [0.25, 0.3) is 5.91 Å². The van der Waals surface area contributed by atoms with E-state index in [2.05, 4.69) is 9.88 Å². The lowest BCUT2D eigenvalue weighted by Gasteiger charge is -2.12. The van der Waals surface area contributed by atoms with Gasteiger partial charge in [-0.2, -0.15) is 0 Å². The van der Waals surface area contributed by atoms with Crippen LogP contribution in [0.3, 0.4) is 0 Å². The molecule has 0 fully saturated rings. The van der Waals surface area contributed by atoms with Gasteiger partial charge in [-0.15, -0.1) is 0 Å². The predicted molar refractivity (Wildman–Crippen MR) is 96.6 cm³/mol. The Balaban J connectivity index is 1.52. The molecule has 130 valence electrons. The van der Waals surface area contributed by atoms with Crippen LogP contribution in [0.1, 0.15) is 48.1 Å². The van der Waals surface area contributed by atoms with Crippen LogP contribution < -0.4 is 5.32 Å². The summed E-state index contributed by atoms with van der Waals surface area (Å²) in [5.74, 6) is 1.96. The van der Waals surface area contributed by atoms with Crippen molar-refractivity contribution >= 4 is 16.9 Å². The quantitative estimate of drug-likeness (QED) is 0.789. The molecule has 0 radical (unpaired) electrons. The molecule has 0 spiro atoms.